The summed E-state index contributed by atoms with van der Waals surface area (Å²) in [6, 6.07) is 0. The van der Waals surface area contributed by atoms with E-state index in [1.807, 2.05) is 0 Å². The Labute approximate surface area is 127 Å². The number of likely N-dealkylation sites (tertiary alicyclic amines) is 1. The van der Waals surface area contributed by atoms with Gasteiger partial charge in [0.05, 0.1) is 5.54 Å². The second-order valence-electron chi connectivity index (χ2n) is 5.97. The maximum Gasteiger partial charge on any atom is 0.203 e. The number of carbonyl (C=O) groups is 1. The Balaban J connectivity index is 1.96. The molecule has 2 aliphatic rings. The number of halogens is 1. The zero-order chi connectivity index (χ0) is 14.2. The normalized spacial score (nSPS) is 23.1. The van der Waals surface area contributed by atoms with Gasteiger partial charge in [0.15, 0.2) is 4.60 Å². The van der Waals surface area contributed by atoms with Gasteiger partial charge in [-0.15, -0.1) is 5.10 Å². The summed E-state index contributed by atoms with van der Waals surface area (Å²) in [5, 5.41) is 7.94. The summed E-state index contributed by atoms with van der Waals surface area (Å²) in [6.45, 7) is 2.10. The highest BCUT2D eigenvalue weighted by Gasteiger charge is 2.48. The van der Waals surface area contributed by atoms with Crippen molar-refractivity contribution in [1.29, 1.82) is 0 Å². The van der Waals surface area contributed by atoms with Crippen LogP contribution in [0.15, 0.2) is 4.60 Å². The predicted molar refractivity (Wildman–Crippen MR) is 79.7 cm³/mol. The van der Waals surface area contributed by atoms with Crippen LogP contribution in [0.2, 0.25) is 0 Å². The number of carbonyl (C=O) groups excluding carboxylic acids is 1. The van der Waals surface area contributed by atoms with E-state index in [1.54, 1.807) is 11.7 Å². The second-order valence-corrected chi connectivity index (χ2v) is 6.72. The molecule has 20 heavy (non-hydrogen) atoms. The molecule has 1 saturated carbocycles. The fourth-order valence-electron chi connectivity index (χ4n) is 3.76. The minimum atomic E-state index is -0.307. The molecule has 0 unspecified atom stereocenters. The van der Waals surface area contributed by atoms with Crippen molar-refractivity contribution in [3.63, 3.8) is 0 Å². The molecular formula is C14H21BrN4O. The first-order chi connectivity index (χ1) is 9.65. The Hall–Kier alpha value is -0.750. The molecule has 2 heterocycles. The first kappa shape index (κ1) is 14.2. The van der Waals surface area contributed by atoms with Crippen LogP contribution in [0.3, 0.4) is 0 Å². The van der Waals surface area contributed by atoms with E-state index in [0.29, 0.717) is 10.3 Å². The van der Waals surface area contributed by atoms with E-state index < -0.39 is 0 Å². The van der Waals surface area contributed by atoms with E-state index >= 15 is 0 Å². The van der Waals surface area contributed by atoms with Crippen LogP contribution in [0.5, 0.6) is 0 Å². The van der Waals surface area contributed by atoms with Crippen molar-refractivity contribution in [2.45, 2.75) is 50.5 Å². The zero-order valence-electron chi connectivity index (χ0n) is 11.9. The minimum absolute atomic E-state index is 0.205. The monoisotopic (exact) mass is 340 g/mol. The minimum Gasteiger partial charge on any atom is -0.291 e. The molecule has 1 saturated heterocycles. The van der Waals surface area contributed by atoms with E-state index in [9.17, 15) is 4.79 Å². The number of aromatic nitrogens is 3. The summed E-state index contributed by atoms with van der Waals surface area (Å²) in [5.41, 5.74) is 0.316. The number of hydrogen-bond donors (Lipinski definition) is 0. The molecule has 2 fully saturated rings. The van der Waals surface area contributed by atoms with E-state index in [1.165, 1.54) is 19.3 Å². The number of aryl methyl sites for hydroxylation is 1. The molecule has 6 heteroatoms. The fourth-order valence-corrected chi connectivity index (χ4v) is 4.27. The number of hydrogen-bond acceptors (Lipinski definition) is 4. The van der Waals surface area contributed by atoms with E-state index in [0.717, 1.165) is 38.8 Å². The van der Waals surface area contributed by atoms with Crippen molar-refractivity contribution in [3.05, 3.63) is 10.3 Å². The number of nitrogens with zero attached hydrogens (tertiary/aromatic N) is 4. The van der Waals surface area contributed by atoms with Crippen molar-refractivity contribution in [1.82, 2.24) is 19.9 Å². The van der Waals surface area contributed by atoms with Crippen LogP contribution in [0.1, 0.15) is 55.4 Å². The summed E-state index contributed by atoms with van der Waals surface area (Å²) < 4.78 is 2.18. The Kier molecular flexibility index (Phi) is 3.95. The van der Waals surface area contributed by atoms with Crippen LogP contribution in [-0.4, -0.2) is 44.3 Å². The summed E-state index contributed by atoms with van der Waals surface area (Å²) >= 11 is 3.38. The summed E-state index contributed by atoms with van der Waals surface area (Å²) in [5.74, 6) is 0.205. The molecule has 0 amide bonds. The van der Waals surface area contributed by atoms with Gasteiger partial charge in [-0.25, -0.2) is 4.68 Å². The van der Waals surface area contributed by atoms with E-state index in [4.69, 9.17) is 0 Å². The van der Waals surface area contributed by atoms with Crippen LogP contribution >= 0.6 is 15.9 Å². The Morgan fingerprint density at radius 2 is 1.80 bits per heavy atom. The first-order valence-corrected chi connectivity index (χ1v) is 8.29. The third kappa shape index (κ3) is 2.22. The average molecular weight is 341 g/mol. The standard InChI is InChI=1S/C14H21BrN4O/c1-18-11(13(15)16-17-18)12(20)14(7-3-4-8-14)19-9-5-2-6-10-19/h2-10H2,1H3. The SMILES string of the molecule is Cn1nnc(Br)c1C(=O)C1(N2CCCCC2)CCCC1. The van der Waals surface area contributed by atoms with Gasteiger partial charge in [-0.1, -0.05) is 24.5 Å². The van der Waals surface area contributed by atoms with Crippen molar-refractivity contribution in [3.8, 4) is 0 Å². The second kappa shape index (κ2) is 5.56. The molecule has 5 nitrogen and oxygen atoms in total. The molecule has 1 aromatic rings. The lowest BCUT2D eigenvalue weighted by molar-refractivity contribution is 0.0467. The van der Waals surface area contributed by atoms with Gasteiger partial charge in [0, 0.05) is 7.05 Å². The van der Waals surface area contributed by atoms with Gasteiger partial charge in [0.2, 0.25) is 5.78 Å². The fraction of sp³-hybridized carbons (Fsp3) is 0.786. The highest BCUT2D eigenvalue weighted by atomic mass is 79.9. The average Bonchev–Trinajstić information content (AvgIpc) is 3.08. The third-order valence-electron chi connectivity index (χ3n) is 4.82. The lowest BCUT2D eigenvalue weighted by Crippen LogP contribution is -2.55. The van der Waals surface area contributed by atoms with Crippen molar-refractivity contribution in [2.75, 3.05) is 13.1 Å². The lowest BCUT2D eigenvalue weighted by atomic mass is 9.86. The smallest absolute Gasteiger partial charge is 0.203 e. The maximum absolute atomic E-state index is 13.2. The summed E-state index contributed by atoms with van der Waals surface area (Å²) in [7, 11) is 1.80. The molecule has 0 atom stereocenters. The molecule has 0 aromatic carbocycles. The van der Waals surface area contributed by atoms with Gasteiger partial charge >= 0.3 is 0 Å². The van der Waals surface area contributed by atoms with Gasteiger partial charge < -0.3 is 0 Å². The van der Waals surface area contributed by atoms with Crippen molar-refractivity contribution >= 4 is 21.7 Å². The molecule has 1 aliphatic heterocycles. The Morgan fingerprint density at radius 1 is 1.15 bits per heavy atom. The molecule has 0 radical (unpaired) electrons. The van der Waals surface area contributed by atoms with Crippen LogP contribution in [0.25, 0.3) is 0 Å². The van der Waals surface area contributed by atoms with E-state index in [-0.39, 0.29) is 11.3 Å². The Morgan fingerprint density at radius 3 is 2.35 bits per heavy atom. The van der Waals surface area contributed by atoms with Crippen LogP contribution in [0, 0.1) is 0 Å². The molecule has 0 bridgehead atoms. The third-order valence-corrected chi connectivity index (χ3v) is 5.35. The summed E-state index contributed by atoms with van der Waals surface area (Å²) in [4.78, 5) is 15.6. The zero-order valence-corrected chi connectivity index (χ0v) is 13.5. The summed E-state index contributed by atoms with van der Waals surface area (Å²) in [6.07, 6.45) is 7.95. The molecule has 1 aliphatic carbocycles. The van der Waals surface area contributed by atoms with Gasteiger partial charge in [-0.05, 0) is 54.7 Å². The van der Waals surface area contributed by atoms with Gasteiger partial charge in [0.25, 0.3) is 0 Å². The van der Waals surface area contributed by atoms with Gasteiger partial charge in [0.1, 0.15) is 5.69 Å². The molecule has 0 N–H and O–H groups in total. The molecular weight excluding hydrogens is 320 g/mol. The van der Waals surface area contributed by atoms with Crippen LogP contribution in [0.4, 0.5) is 0 Å². The number of Topliss-reactive ketones (excluding diaryl/α,β-unsaturated/α-hetero) is 1. The van der Waals surface area contributed by atoms with Crippen molar-refractivity contribution < 1.29 is 4.79 Å². The highest BCUT2D eigenvalue weighted by Crippen LogP contribution is 2.40. The molecule has 0 spiro atoms. The predicted octanol–water partition coefficient (Wildman–Crippen LogP) is 2.56. The largest absolute Gasteiger partial charge is 0.291 e. The first-order valence-electron chi connectivity index (χ1n) is 7.50. The van der Waals surface area contributed by atoms with Crippen LogP contribution in [-0.2, 0) is 7.05 Å². The van der Waals surface area contributed by atoms with Crippen molar-refractivity contribution in [2.24, 2.45) is 7.05 Å². The van der Waals surface area contributed by atoms with Crippen LogP contribution < -0.4 is 0 Å². The number of ketones is 1. The quantitative estimate of drug-likeness (QED) is 0.793. The Bertz CT molecular complexity index is 482. The number of piperidine rings is 1. The molecule has 3 rings (SSSR count). The lowest BCUT2D eigenvalue weighted by Gasteiger charge is -2.42. The van der Waals surface area contributed by atoms with Gasteiger partial charge in [-0.3, -0.25) is 9.69 Å². The van der Waals surface area contributed by atoms with Gasteiger partial charge in [-0.2, -0.15) is 0 Å². The van der Waals surface area contributed by atoms with E-state index in [2.05, 4.69) is 31.1 Å². The highest BCUT2D eigenvalue weighted by molar-refractivity contribution is 9.10. The molecule has 1 aromatic heterocycles. The number of rotatable bonds is 3. The molecule has 110 valence electrons. The maximum atomic E-state index is 13.2. The topological polar surface area (TPSA) is 51.0 Å².